The molecule has 134 valence electrons. The summed E-state index contributed by atoms with van der Waals surface area (Å²) in [5.74, 6) is 0. The molecule has 5 rings (SSSR count). The van der Waals surface area contributed by atoms with Crippen LogP contribution < -0.4 is 5.73 Å². The third kappa shape index (κ3) is 2.79. The molecule has 28 heavy (non-hydrogen) atoms. The van der Waals surface area contributed by atoms with Gasteiger partial charge in [-0.2, -0.15) is 0 Å². The molecule has 5 aromatic rings. The number of aromatic nitrogens is 2. The molecule has 1 aromatic heterocycles. The molecule has 0 aliphatic heterocycles. The van der Waals surface area contributed by atoms with E-state index in [0.717, 1.165) is 44.3 Å². The molecule has 0 radical (unpaired) electrons. The number of hydrogen-bond donors (Lipinski definition) is 1. The summed E-state index contributed by atoms with van der Waals surface area (Å²) >= 11 is 0. The smallest absolute Gasteiger partial charge is 0.120 e. The number of imidazole rings is 1. The van der Waals surface area contributed by atoms with Crippen molar-refractivity contribution in [1.29, 1.82) is 0 Å². The van der Waals surface area contributed by atoms with Crippen molar-refractivity contribution in [3.05, 3.63) is 91.3 Å². The first-order valence-corrected chi connectivity index (χ1v) is 9.01. The number of para-hydroxylation sites is 2. The number of anilines is 1. The van der Waals surface area contributed by atoms with Crippen molar-refractivity contribution in [1.82, 2.24) is 9.66 Å². The Bertz CT molecular complexity index is 1320. The topological polar surface area (TPSA) is 68.6 Å². The van der Waals surface area contributed by atoms with Gasteiger partial charge in [0.05, 0.1) is 11.0 Å². The number of benzene rings is 4. The summed E-state index contributed by atoms with van der Waals surface area (Å²) in [6.45, 7) is 0. The first kappa shape index (κ1) is 16.2. The third-order valence-corrected chi connectivity index (χ3v) is 4.80. The predicted molar refractivity (Wildman–Crippen MR) is 113 cm³/mol. The van der Waals surface area contributed by atoms with E-state index in [4.69, 9.17) is 5.73 Å². The lowest BCUT2D eigenvalue weighted by Crippen LogP contribution is -1.87. The molecule has 0 aliphatic rings. The third-order valence-electron chi connectivity index (χ3n) is 4.80. The molecule has 0 saturated carbocycles. The summed E-state index contributed by atoms with van der Waals surface area (Å²) in [6, 6.07) is 28.0. The maximum absolute atomic E-state index is 5.86. The number of fused-ring (bicyclic) bond motifs is 2. The van der Waals surface area contributed by atoms with Crippen LogP contribution in [0.5, 0.6) is 0 Å². The summed E-state index contributed by atoms with van der Waals surface area (Å²) < 4.78 is 1.70. The molecule has 0 amide bonds. The van der Waals surface area contributed by atoms with Gasteiger partial charge in [0.2, 0.25) is 0 Å². The number of hydrogen-bond acceptors (Lipinski definition) is 4. The number of nitrogens with zero attached hydrogens (tertiary/aromatic N) is 4. The molecular formula is C23H17N5. The van der Waals surface area contributed by atoms with Crippen LogP contribution in [0.1, 0.15) is 0 Å². The lowest BCUT2D eigenvalue weighted by molar-refractivity contribution is 0.830. The van der Waals surface area contributed by atoms with E-state index in [-0.39, 0.29) is 0 Å². The highest BCUT2D eigenvalue weighted by molar-refractivity contribution is 6.00. The van der Waals surface area contributed by atoms with Crippen molar-refractivity contribution in [3.63, 3.8) is 0 Å². The quantitative estimate of drug-likeness (QED) is 0.316. The molecule has 0 aliphatic carbocycles. The van der Waals surface area contributed by atoms with Gasteiger partial charge in [-0.15, -0.1) is 5.11 Å². The van der Waals surface area contributed by atoms with Crippen molar-refractivity contribution < 1.29 is 0 Å². The molecule has 0 fully saturated rings. The average Bonchev–Trinajstić information content (AvgIpc) is 3.16. The Morgan fingerprint density at radius 3 is 2.46 bits per heavy atom. The van der Waals surface area contributed by atoms with Gasteiger partial charge in [0.25, 0.3) is 0 Å². The Labute approximate surface area is 161 Å². The second kappa shape index (κ2) is 6.63. The van der Waals surface area contributed by atoms with Gasteiger partial charge in [-0.3, -0.25) is 0 Å². The number of rotatable bonds is 3. The maximum atomic E-state index is 5.86. The zero-order valence-electron chi connectivity index (χ0n) is 15.0. The molecule has 0 bridgehead atoms. The van der Waals surface area contributed by atoms with Crippen LogP contribution in [0.4, 0.5) is 11.4 Å². The number of nitrogens with two attached hydrogens (primary N) is 1. The van der Waals surface area contributed by atoms with E-state index >= 15 is 0 Å². The van der Waals surface area contributed by atoms with E-state index in [9.17, 15) is 0 Å². The Hall–Kier alpha value is -3.99. The maximum Gasteiger partial charge on any atom is 0.120 e. The zero-order chi connectivity index (χ0) is 18.9. The zero-order valence-corrected chi connectivity index (χ0v) is 15.0. The van der Waals surface area contributed by atoms with E-state index in [1.807, 2.05) is 60.7 Å². The molecule has 5 nitrogen and oxygen atoms in total. The molecule has 1 heterocycles. The van der Waals surface area contributed by atoms with Gasteiger partial charge < -0.3 is 5.73 Å². The van der Waals surface area contributed by atoms with Crippen LogP contribution in [0.15, 0.2) is 102 Å². The first-order chi connectivity index (χ1) is 13.8. The van der Waals surface area contributed by atoms with Crippen LogP contribution >= 0.6 is 0 Å². The van der Waals surface area contributed by atoms with E-state index in [1.54, 1.807) is 11.0 Å². The minimum atomic E-state index is 0.734. The summed E-state index contributed by atoms with van der Waals surface area (Å²) in [4.78, 5) is 4.38. The van der Waals surface area contributed by atoms with Crippen molar-refractivity contribution in [2.45, 2.75) is 0 Å². The summed E-state index contributed by atoms with van der Waals surface area (Å²) in [5.41, 5.74) is 11.3. The van der Waals surface area contributed by atoms with Gasteiger partial charge in [0, 0.05) is 16.6 Å². The van der Waals surface area contributed by atoms with Crippen LogP contribution in [0.3, 0.4) is 0 Å². The summed E-state index contributed by atoms with van der Waals surface area (Å²) in [5, 5.41) is 11.3. The van der Waals surface area contributed by atoms with Crippen molar-refractivity contribution in [2.75, 3.05) is 5.73 Å². The Morgan fingerprint density at radius 2 is 1.57 bits per heavy atom. The van der Waals surface area contributed by atoms with Gasteiger partial charge in [-0.05, 0) is 35.2 Å². The molecular weight excluding hydrogens is 346 g/mol. The lowest BCUT2D eigenvalue weighted by Gasteiger charge is -2.09. The van der Waals surface area contributed by atoms with Crippen LogP contribution in [0.2, 0.25) is 0 Å². The van der Waals surface area contributed by atoms with Crippen LogP contribution in [-0.2, 0) is 0 Å². The molecule has 0 spiro atoms. The fourth-order valence-corrected chi connectivity index (χ4v) is 3.37. The molecule has 0 unspecified atom stereocenters. The molecule has 0 atom stereocenters. The fraction of sp³-hybridized carbons (Fsp3) is 0. The van der Waals surface area contributed by atoms with Crippen LogP contribution in [-0.4, -0.2) is 9.66 Å². The second-order valence-electron chi connectivity index (χ2n) is 6.57. The average molecular weight is 363 g/mol. The molecule has 2 N–H and O–H groups in total. The van der Waals surface area contributed by atoms with Gasteiger partial charge in [0.15, 0.2) is 0 Å². The highest BCUT2D eigenvalue weighted by Gasteiger charge is 2.10. The second-order valence-corrected chi connectivity index (χ2v) is 6.57. The largest absolute Gasteiger partial charge is 0.399 e. The van der Waals surface area contributed by atoms with Crippen LogP contribution in [0, 0.1) is 0 Å². The van der Waals surface area contributed by atoms with Gasteiger partial charge >= 0.3 is 0 Å². The van der Waals surface area contributed by atoms with E-state index < -0.39 is 0 Å². The van der Waals surface area contributed by atoms with Gasteiger partial charge in [-0.1, -0.05) is 65.9 Å². The van der Waals surface area contributed by atoms with Crippen molar-refractivity contribution in [3.8, 4) is 11.1 Å². The Balaban J connectivity index is 1.70. The standard InChI is InChI=1S/C23H17N5/c24-18-12-9-17(10-13-18)20-14-11-16-5-1-2-6-19(16)23(20)26-27-28-15-25-21-7-3-4-8-22(21)28/h1-15H,24H2. The van der Waals surface area contributed by atoms with Gasteiger partial charge in [-0.25, -0.2) is 9.66 Å². The SMILES string of the molecule is Nc1ccc(-c2ccc3ccccc3c2N=Nn2cnc3ccccc32)cc1. The molecule has 4 aromatic carbocycles. The molecule has 5 heteroatoms. The fourth-order valence-electron chi connectivity index (χ4n) is 3.37. The Morgan fingerprint density at radius 1 is 0.786 bits per heavy atom. The summed E-state index contributed by atoms with van der Waals surface area (Å²) in [7, 11) is 0. The minimum absolute atomic E-state index is 0.734. The minimum Gasteiger partial charge on any atom is -0.399 e. The number of nitrogen functional groups attached to an aromatic ring is 1. The van der Waals surface area contributed by atoms with Gasteiger partial charge in [0.1, 0.15) is 12.0 Å². The van der Waals surface area contributed by atoms with Crippen molar-refractivity contribution >= 4 is 33.2 Å². The highest BCUT2D eigenvalue weighted by Crippen LogP contribution is 2.37. The highest BCUT2D eigenvalue weighted by atomic mass is 15.5. The summed E-state index contributed by atoms with van der Waals surface area (Å²) in [6.07, 6.45) is 1.68. The van der Waals surface area contributed by atoms with Crippen LogP contribution in [0.25, 0.3) is 32.9 Å². The van der Waals surface area contributed by atoms with E-state index in [2.05, 4.69) is 39.6 Å². The van der Waals surface area contributed by atoms with E-state index in [0.29, 0.717) is 0 Å². The Kier molecular flexibility index (Phi) is 3.84. The monoisotopic (exact) mass is 363 g/mol. The first-order valence-electron chi connectivity index (χ1n) is 9.01. The normalized spacial score (nSPS) is 11.6. The lowest BCUT2D eigenvalue weighted by atomic mass is 9.98. The van der Waals surface area contributed by atoms with E-state index in [1.165, 1.54) is 0 Å². The molecule has 0 saturated heterocycles. The predicted octanol–water partition coefficient (Wildman–Crippen LogP) is 5.99. The van der Waals surface area contributed by atoms with Crippen molar-refractivity contribution in [2.24, 2.45) is 10.3 Å².